The van der Waals surface area contributed by atoms with E-state index in [0.29, 0.717) is 17.9 Å². The fraction of sp³-hybridized carbons (Fsp3) is 0.676. The van der Waals surface area contributed by atoms with E-state index in [0.717, 1.165) is 48.7 Å². The molecule has 0 unspecified atom stereocenters. The Morgan fingerprint density at radius 2 is 1.40 bits per heavy atom. The molecule has 5 nitrogen and oxygen atoms in total. The maximum absolute atomic E-state index is 13.0. The molecule has 3 amide bonds. The third-order valence-corrected chi connectivity index (χ3v) is 9.38. The Bertz CT molecular complexity index is 966. The number of carbonyl (C=O) groups is 3. The maximum atomic E-state index is 13.0. The summed E-state index contributed by atoms with van der Waals surface area (Å²) in [6.07, 6.45) is 24.9. The molecule has 222 valence electrons. The molecule has 40 heavy (non-hydrogen) atoms. The van der Waals surface area contributed by atoms with Crippen LogP contribution in [0.4, 0.5) is 10.5 Å². The van der Waals surface area contributed by atoms with Crippen molar-refractivity contribution in [3.63, 3.8) is 0 Å². The summed E-state index contributed by atoms with van der Waals surface area (Å²) in [5.74, 6) is -0.134. The minimum absolute atomic E-state index is 0.0341. The molecular formula is C34H52N2O3S. The molecule has 1 heterocycles. The number of unbranched alkanes of at least 4 members (excludes halogenated alkanes) is 12. The van der Waals surface area contributed by atoms with Gasteiger partial charge in [0, 0.05) is 18.7 Å². The van der Waals surface area contributed by atoms with E-state index in [4.69, 9.17) is 0 Å². The molecule has 0 atom stereocenters. The molecule has 1 aliphatic carbocycles. The predicted molar refractivity (Wildman–Crippen MR) is 169 cm³/mol. The number of hydrogen-bond acceptors (Lipinski definition) is 4. The highest BCUT2D eigenvalue weighted by Crippen LogP contribution is 2.40. The minimum atomic E-state index is -0.183. The van der Waals surface area contributed by atoms with Crippen molar-refractivity contribution in [3.05, 3.63) is 34.7 Å². The summed E-state index contributed by atoms with van der Waals surface area (Å²) in [5.41, 5.74) is 1.64. The number of amides is 3. The normalized spacial score (nSPS) is 18.1. The standard InChI is InChI=1S/C34H52N2O3S/c1-3-4-5-6-7-8-9-10-11-12-13-14-16-19-31(37)35-29-22-20-28(21-23-29)26-30-32(38)36(33(39)40-30)27-34(2)24-17-15-18-25-34/h20-23,26H,3-19,24-25,27H2,1-2H3,(H,35,37)/b30-26+. The lowest BCUT2D eigenvalue weighted by Gasteiger charge is -2.35. The van der Waals surface area contributed by atoms with Gasteiger partial charge in [0.1, 0.15) is 0 Å². The highest BCUT2D eigenvalue weighted by Gasteiger charge is 2.40. The lowest BCUT2D eigenvalue weighted by Crippen LogP contribution is -2.39. The molecule has 0 aromatic heterocycles. The average Bonchev–Trinajstić information content (AvgIpc) is 3.19. The summed E-state index contributed by atoms with van der Waals surface area (Å²) in [4.78, 5) is 39.8. The molecule has 6 heteroatoms. The van der Waals surface area contributed by atoms with E-state index in [2.05, 4.69) is 19.2 Å². The van der Waals surface area contributed by atoms with Crippen molar-refractivity contribution < 1.29 is 14.4 Å². The first kappa shape index (κ1) is 32.4. The predicted octanol–water partition coefficient (Wildman–Crippen LogP) is 10.1. The fourth-order valence-electron chi connectivity index (χ4n) is 5.92. The van der Waals surface area contributed by atoms with Crippen LogP contribution in [0.15, 0.2) is 29.2 Å². The second kappa shape index (κ2) is 17.7. The van der Waals surface area contributed by atoms with Gasteiger partial charge in [-0.15, -0.1) is 0 Å². The zero-order chi connectivity index (χ0) is 28.6. The van der Waals surface area contributed by atoms with E-state index in [1.165, 1.54) is 94.8 Å². The summed E-state index contributed by atoms with van der Waals surface area (Å²) in [5, 5.41) is 2.82. The highest BCUT2D eigenvalue weighted by atomic mass is 32.2. The van der Waals surface area contributed by atoms with E-state index < -0.39 is 0 Å². The van der Waals surface area contributed by atoms with Gasteiger partial charge >= 0.3 is 0 Å². The van der Waals surface area contributed by atoms with Crippen molar-refractivity contribution in [2.75, 3.05) is 11.9 Å². The number of benzene rings is 1. The van der Waals surface area contributed by atoms with Gasteiger partial charge in [-0.2, -0.15) is 0 Å². The van der Waals surface area contributed by atoms with Crippen LogP contribution in [0.2, 0.25) is 0 Å². The van der Waals surface area contributed by atoms with Gasteiger partial charge < -0.3 is 5.32 Å². The number of rotatable bonds is 18. The largest absolute Gasteiger partial charge is 0.326 e. The lowest BCUT2D eigenvalue weighted by atomic mass is 9.75. The molecule has 1 saturated heterocycles. The number of nitrogens with zero attached hydrogens (tertiary/aromatic N) is 1. The van der Waals surface area contributed by atoms with Gasteiger partial charge in [-0.05, 0) is 60.2 Å². The SMILES string of the molecule is CCCCCCCCCCCCCCCC(=O)Nc1ccc(/C=C2/SC(=O)N(CC3(C)CCCCC3)C2=O)cc1. The van der Waals surface area contributed by atoms with Crippen molar-refractivity contribution in [1.29, 1.82) is 0 Å². The van der Waals surface area contributed by atoms with Crippen molar-refractivity contribution in [2.24, 2.45) is 5.41 Å². The zero-order valence-electron chi connectivity index (χ0n) is 25.1. The van der Waals surface area contributed by atoms with Gasteiger partial charge in [-0.1, -0.05) is 122 Å². The van der Waals surface area contributed by atoms with E-state index in [1.807, 2.05) is 24.3 Å². The quantitative estimate of drug-likeness (QED) is 0.141. The van der Waals surface area contributed by atoms with Crippen molar-refractivity contribution >= 4 is 40.6 Å². The first-order chi connectivity index (χ1) is 19.4. The summed E-state index contributed by atoms with van der Waals surface area (Å²) in [7, 11) is 0. The summed E-state index contributed by atoms with van der Waals surface area (Å²) in [6, 6.07) is 7.50. The number of carbonyl (C=O) groups excluding carboxylic acids is 3. The average molecular weight is 569 g/mol. The van der Waals surface area contributed by atoms with Crippen LogP contribution in [-0.4, -0.2) is 28.5 Å². The molecule has 1 saturated carbocycles. The molecule has 2 aliphatic rings. The molecule has 1 aromatic rings. The Morgan fingerprint density at radius 1 is 0.850 bits per heavy atom. The lowest BCUT2D eigenvalue weighted by molar-refractivity contribution is -0.124. The van der Waals surface area contributed by atoms with Crippen LogP contribution >= 0.6 is 11.8 Å². The fourth-order valence-corrected chi connectivity index (χ4v) is 6.76. The first-order valence-electron chi connectivity index (χ1n) is 16.1. The summed E-state index contributed by atoms with van der Waals surface area (Å²) < 4.78 is 0. The van der Waals surface area contributed by atoms with Crippen LogP contribution in [0.1, 0.15) is 141 Å². The Morgan fingerprint density at radius 3 is 1.98 bits per heavy atom. The van der Waals surface area contributed by atoms with Crippen LogP contribution < -0.4 is 5.32 Å². The monoisotopic (exact) mass is 568 g/mol. The number of imide groups is 1. The van der Waals surface area contributed by atoms with Crippen molar-refractivity contribution in [1.82, 2.24) is 4.90 Å². The topological polar surface area (TPSA) is 66.5 Å². The van der Waals surface area contributed by atoms with E-state index in [1.54, 1.807) is 6.08 Å². The highest BCUT2D eigenvalue weighted by molar-refractivity contribution is 8.18. The molecule has 0 spiro atoms. The zero-order valence-corrected chi connectivity index (χ0v) is 25.9. The molecule has 0 bridgehead atoms. The molecule has 2 fully saturated rings. The van der Waals surface area contributed by atoms with Gasteiger partial charge in [0.25, 0.3) is 11.1 Å². The smallest absolute Gasteiger partial charge is 0.293 e. The van der Waals surface area contributed by atoms with Gasteiger partial charge in [0.2, 0.25) is 5.91 Å². The van der Waals surface area contributed by atoms with E-state index >= 15 is 0 Å². The molecular weight excluding hydrogens is 516 g/mol. The molecule has 3 rings (SSSR count). The van der Waals surface area contributed by atoms with Crippen LogP contribution in [-0.2, 0) is 9.59 Å². The number of hydrogen-bond donors (Lipinski definition) is 1. The van der Waals surface area contributed by atoms with E-state index in [9.17, 15) is 14.4 Å². The van der Waals surface area contributed by atoms with Crippen LogP contribution in [0.3, 0.4) is 0 Å². The molecule has 1 N–H and O–H groups in total. The van der Waals surface area contributed by atoms with Gasteiger partial charge in [-0.3, -0.25) is 19.3 Å². The van der Waals surface area contributed by atoms with Gasteiger partial charge in [0.15, 0.2) is 0 Å². The van der Waals surface area contributed by atoms with Gasteiger partial charge in [-0.25, -0.2) is 0 Å². The van der Waals surface area contributed by atoms with Crippen molar-refractivity contribution in [2.45, 2.75) is 136 Å². The van der Waals surface area contributed by atoms with Crippen LogP contribution in [0.5, 0.6) is 0 Å². The summed E-state index contributed by atoms with van der Waals surface area (Å²) in [6.45, 7) is 4.98. The van der Waals surface area contributed by atoms with Gasteiger partial charge in [0.05, 0.1) is 4.91 Å². The Balaban J connectivity index is 1.30. The Hall–Kier alpha value is -2.08. The molecule has 0 radical (unpaired) electrons. The van der Waals surface area contributed by atoms with Crippen molar-refractivity contribution in [3.8, 4) is 0 Å². The molecule has 1 aliphatic heterocycles. The van der Waals surface area contributed by atoms with E-state index in [-0.39, 0.29) is 22.5 Å². The third kappa shape index (κ3) is 11.4. The van der Waals surface area contributed by atoms with Crippen LogP contribution in [0.25, 0.3) is 6.08 Å². The minimum Gasteiger partial charge on any atom is -0.326 e. The third-order valence-electron chi connectivity index (χ3n) is 8.47. The number of nitrogens with one attached hydrogen (secondary N) is 1. The second-order valence-electron chi connectivity index (χ2n) is 12.3. The summed E-state index contributed by atoms with van der Waals surface area (Å²) >= 11 is 1.03. The molecule has 1 aromatic carbocycles. The Kier molecular flexibility index (Phi) is 14.3. The number of thioether (sulfide) groups is 1. The Labute approximate surface area is 247 Å². The van der Waals surface area contributed by atoms with Crippen LogP contribution in [0, 0.1) is 5.41 Å². The first-order valence-corrected chi connectivity index (χ1v) is 16.9. The number of anilines is 1. The maximum Gasteiger partial charge on any atom is 0.293 e. The second-order valence-corrected chi connectivity index (χ2v) is 13.3.